The molecule has 0 saturated heterocycles. The molecule has 2 saturated carbocycles. The number of rotatable bonds is 6. The molecular weight excluding hydrogens is 302 g/mol. The van der Waals surface area contributed by atoms with Gasteiger partial charge in [0.15, 0.2) is 0 Å². The first-order chi connectivity index (χ1) is 11.5. The molecule has 0 radical (unpaired) electrons. The molecule has 2 fully saturated rings. The summed E-state index contributed by atoms with van der Waals surface area (Å²) in [5, 5.41) is 12.7. The van der Waals surface area contributed by atoms with Crippen LogP contribution < -0.4 is 5.32 Å². The van der Waals surface area contributed by atoms with Gasteiger partial charge in [0.1, 0.15) is 5.92 Å². The molecule has 0 bridgehead atoms. The number of aliphatic carboxylic acids is 1. The van der Waals surface area contributed by atoms with Crippen LogP contribution in [-0.2, 0) is 16.0 Å². The van der Waals surface area contributed by atoms with E-state index in [2.05, 4.69) is 24.4 Å². The second-order valence-electron chi connectivity index (χ2n) is 7.59. The Hall–Kier alpha value is -1.84. The van der Waals surface area contributed by atoms with Gasteiger partial charge in [-0.1, -0.05) is 43.5 Å². The molecule has 0 spiro atoms. The molecule has 1 atom stereocenters. The third-order valence-corrected chi connectivity index (χ3v) is 5.70. The Morgan fingerprint density at radius 3 is 2.46 bits per heavy atom. The minimum absolute atomic E-state index is 0.00879. The highest BCUT2D eigenvalue weighted by Crippen LogP contribution is 2.40. The number of carbonyl (C=O) groups is 2. The van der Waals surface area contributed by atoms with E-state index >= 15 is 0 Å². The fraction of sp³-hybridized carbons (Fsp3) is 0.600. The zero-order chi connectivity index (χ0) is 17.2. The summed E-state index contributed by atoms with van der Waals surface area (Å²) >= 11 is 0. The van der Waals surface area contributed by atoms with Crippen LogP contribution in [-0.4, -0.2) is 22.5 Å². The fourth-order valence-electron chi connectivity index (χ4n) is 4.00. The van der Waals surface area contributed by atoms with E-state index in [0.717, 1.165) is 51.4 Å². The van der Waals surface area contributed by atoms with Crippen LogP contribution in [0.25, 0.3) is 0 Å². The largest absolute Gasteiger partial charge is 0.481 e. The third kappa shape index (κ3) is 3.80. The van der Waals surface area contributed by atoms with Crippen LogP contribution in [0.2, 0.25) is 0 Å². The summed E-state index contributed by atoms with van der Waals surface area (Å²) in [6.45, 7) is 2.08. The summed E-state index contributed by atoms with van der Waals surface area (Å²) in [6, 6.07) is 8.20. The van der Waals surface area contributed by atoms with Gasteiger partial charge in [0.05, 0.1) is 0 Å². The summed E-state index contributed by atoms with van der Waals surface area (Å²) in [5.41, 5.74) is 2.23. The van der Waals surface area contributed by atoms with Crippen molar-refractivity contribution in [2.24, 2.45) is 11.8 Å². The lowest BCUT2D eigenvalue weighted by Crippen LogP contribution is -2.47. The zero-order valence-electron chi connectivity index (χ0n) is 14.4. The van der Waals surface area contributed by atoms with Crippen molar-refractivity contribution >= 4 is 11.9 Å². The molecule has 3 rings (SSSR count). The number of benzene rings is 1. The number of nitrogens with one attached hydrogen (secondary N) is 1. The quantitative estimate of drug-likeness (QED) is 0.785. The Kier molecular flexibility index (Phi) is 4.93. The van der Waals surface area contributed by atoms with Crippen LogP contribution in [0.1, 0.15) is 56.1 Å². The first-order valence-electron chi connectivity index (χ1n) is 9.10. The zero-order valence-corrected chi connectivity index (χ0v) is 14.4. The molecule has 0 heterocycles. The number of hydrogen-bond donors (Lipinski definition) is 2. The molecule has 1 aromatic carbocycles. The van der Waals surface area contributed by atoms with E-state index < -0.39 is 11.9 Å². The van der Waals surface area contributed by atoms with Crippen LogP contribution >= 0.6 is 0 Å². The van der Waals surface area contributed by atoms with Gasteiger partial charge in [0.25, 0.3) is 0 Å². The SMILES string of the molecule is Cc1ccccc1CC1(NC(=O)[C@@H](C(=O)O)C2CCCCC2)CC1. The molecule has 4 nitrogen and oxygen atoms in total. The van der Waals surface area contributed by atoms with Crippen LogP contribution in [0.5, 0.6) is 0 Å². The second kappa shape index (κ2) is 6.96. The molecule has 130 valence electrons. The lowest BCUT2D eigenvalue weighted by molar-refractivity contribution is -0.150. The fourth-order valence-corrected chi connectivity index (χ4v) is 4.00. The molecule has 2 aliphatic carbocycles. The van der Waals surface area contributed by atoms with Gasteiger partial charge < -0.3 is 10.4 Å². The summed E-state index contributed by atoms with van der Waals surface area (Å²) in [6.07, 6.45) is 7.61. The van der Waals surface area contributed by atoms with Crippen molar-refractivity contribution < 1.29 is 14.7 Å². The Morgan fingerprint density at radius 2 is 1.88 bits per heavy atom. The number of carbonyl (C=O) groups excluding carboxylic acids is 1. The molecular formula is C20H27NO3. The Morgan fingerprint density at radius 1 is 1.21 bits per heavy atom. The predicted molar refractivity (Wildman–Crippen MR) is 92.7 cm³/mol. The van der Waals surface area contributed by atoms with Gasteiger partial charge in [-0.25, -0.2) is 0 Å². The van der Waals surface area contributed by atoms with Crippen molar-refractivity contribution in [3.8, 4) is 0 Å². The van der Waals surface area contributed by atoms with Gasteiger partial charge in [-0.05, 0) is 56.1 Å². The highest BCUT2D eigenvalue weighted by atomic mass is 16.4. The number of hydrogen-bond acceptors (Lipinski definition) is 2. The predicted octanol–water partition coefficient (Wildman–Crippen LogP) is 3.47. The van der Waals surface area contributed by atoms with Gasteiger partial charge in [0.2, 0.25) is 5.91 Å². The average Bonchev–Trinajstić information content (AvgIpc) is 3.29. The van der Waals surface area contributed by atoms with Crippen molar-refractivity contribution in [3.63, 3.8) is 0 Å². The average molecular weight is 329 g/mol. The van der Waals surface area contributed by atoms with Crippen molar-refractivity contribution in [1.29, 1.82) is 0 Å². The van der Waals surface area contributed by atoms with Gasteiger partial charge in [-0.2, -0.15) is 0 Å². The maximum absolute atomic E-state index is 12.7. The normalized spacial score (nSPS) is 21.0. The smallest absolute Gasteiger partial charge is 0.316 e. The monoisotopic (exact) mass is 329 g/mol. The van der Waals surface area contributed by atoms with E-state index in [1.807, 2.05) is 12.1 Å². The molecule has 1 amide bonds. The van der Waals surface area contributed by atoms with Gasteiger partial charge in [-0.15, -0.1) is 0 Å². The Balaban J connectivity index is 1.68. The van der Waals surface area contributed by atoms with Gasteiger partial charge in [-0.3, -0.25) is 9.59 Å². The maximum Gasteiger partial charge on any atom is 0.316 e. The molecule has 2 N–H and O–H groups in total. The molecule has 24 heavy (non-hydrogen) atoms. The minimum Gasteiger partial charge on any atom is -0.481 e. The lowest BCUT2D eigenvalue weighted by Gasteiger charge is -2.28. The number of carboxylic acid groups (broad SMARTS) is 1. The number of amides is 1. The van der Waals surface area contributed by atoms with E-state index in [-0.39, 0.29) is 17.4 Å². The molecule has 2 aliphatic rings. The maximum atomic E-state index is 12.7. The molecule has 0 aliphatic heterocycles. The van der Waals surface area contributed by atoms with Crippen LogP contribution in [0, 0.1) is 18.8 Å². The van der Waals surface area contributed by atoms with Crippen LogP contribution in [0.3, 0.4) is 0 Å². The summed E-state index contributed by atoms with van der Waals surface area (Å²) < 4.78 is 0. The van der Waals surface area contributed by atoms with Crippen LogP contribution in [0.4, 0.5) is 0 Å². The highest BCUT2D eigenvalue weighted by molar-refractivity contribution is 5.97. The molecule has 0 unspecified atom stereocenters. The van der Waals surface area contributed by atoms with E-state index in [1.165, 1.54) is 11.1 Å². The Labute approximate surface area is 143 Å². The standard InChI is InChI=1S/C20H27NO3/c1-14-7-5-6-10-16(14)13-20(11-12-20)21-18(22)17(19(23)24)15-8-3-2-4-9-15/h5-7,10,15,17H,2-4,8-9,11-13H2,1H3,(H,21,22)(H,23,24)/t17-/m0/s1. The van der Waals surface area contributed by atoms with E-state index in [1.54, 1.807) is 0 Å². The summed E-state index contributed by atoms with van der Waals surface area (Å²) in [4.78, 5) is 24.4. The Bertz CT molecular complexity index is 615. The van der Waals surface area contributed by atoms with E-state index in [4.69, 9.17) is 0 Å². The minimum atomic E-state index is -0.967. The van der Waals surface area contributed by atoms with Gasteiger partial charge in [0, 0.05) is 5.54 Å². The summed E-state index contributed by atoms with van der Waals surface area (Å²) in [7, 11) is 0. The van der Waals surface area contributed by atoms with Crippen molar-refractivity contribution in [2.75, 3.05) is 0 Å². The highest BCUT2D eigenvalue weighted by Gasteiger charge is 2.47. The number of aryl methyl sites for hydroxylation is 1. The van der Waals surface area contributed by atoms with Crippen molar-refractivity contribution in [1.82, 2.24) is 5.32 Å². The third-order valence-electron chi connectivity index (χ3n) is 5.70. The van der Waals surface area contributed by atoms with Gasteiger partial charge >= 0.3 is 5.97 Å². The molecule has 0 aromatic heterocycles. The summed E-state index contributed by atoms with van der Waals surface area (Å²) in [5.74, 6) is -2.14. The molecule has 1 aromatic rings. The first kappa shape index (κ1) is 17.0. The number of carboxylic acids is 1. The van der Waals surface area contributed by atoms with Crippen LogP contribution in [0.15, 0.2) is 24.3 Å². The topological polar surface area (TPSA) is 66.4 Å². The van der Waals surface area contributed by atoms with Crippen molar-refractivity contribution in [3.05, 3.63) is 35.4 Å². The second-order valence-corrected chi connectivity index (χ2v) is 7.59. The first-order valence-corrected chi connectivity index (χ1v) is 9.10. The molecule has 4 heteroatoms. The van der Waals surface area contributed by atoms with E-state index in [9.17, 15) is 14.7 Å². The lowest BCUT2D eigenvalue weighted by atomic mass is 9.79. The van der Waals surface area contributed by atoms with E-state index in [0.29, 0.717) is 0 Å². The van der Waals surface area contributed by atoms with Crippen molar-refractivity contribution in [2.45, 2.75) is 63.8 Å².